The predicted molar refractivity (Wildman–Crippen MR) is 104 cm³/mol. The maximum Gasteiger partial charge on any atom is 0.322 e. The first-order chi connectivity index (χ1) is 14.5. The quantitative estimate of drug-likeness (QED) is 0.486. The van der Waals surface area contributed by atoms with Crippen molar-refractivity contribution in [2.75, 3.05) is 0 Å². The van der Waals surface area contributed by atoms with Crippen LogP contribution in [0.2, 0.25) is 0 Å². The Morgan fingerprint density at radius 1 is 1.06 bits per heavy atom. The molecular formula is C20H18F3N3O4S. The third-order valence-corrected chi connectivity index (χ3v) is 6.90. The van der Waals surface area contributed by atoms with Crippen molar-refractivity contribution in [3.63, 3.8) is 0 Å². The largest absolute Gasteiger partial charge is 0.323 e. The molecule has 1 spiro atoms. The van der Waals surface area contributed by atoms with Crippen LogP contribution in [-0.4, -0.2) is 25.9 Å². The Morgan fingerprint density at radius 2 is 1.77 bits per heavy atom. The summed E-state index contributed by atoms with van der Waals surface area (Å²) in [6, 6.07) is 4.83. The number of primary sulfonamides is 1. The number of sulfonamides is 1. The van der Waals surface area contributed by atoms with Gasteiger partial charge in [0.15, 0.2) is 17.5 Å². The summed E-state index contributed by atoms with van der Waals surface area (Å²) in [5.74, 6) is -5.34. The molecule has 0 aromatic heterocycles. The number of carbonyl (C=O) groups is 2. The second-order valence-electron chi connectivity index (χ2n) is 7.76. The molecule has 1 aliphatic carbocycles. The van der Waals surface area contributed by atoms with Gasteiger partial charge in [0, 0.05) is 5.56 Å². The SMILES string of the molecule is NS(=O)(=O)c1ccc(-c2ccc(F)c(F)c2F)c(CC2CCCC23NC(=O)NC3=O)c1. The maximum atomic E-state index is 14.5. The van der Waals surface area contributed by atoms with Crippen LogP contribution >= 0.6 is 0 Å². The second kappa shape index (κ2) is 7.34. The molecule has 2 unspecified atom stereocenters. The van der Waals surface area contributed by atoms with Gasteiger partial charge in [-0.3, -0.25) is 10.1 Å². The minimum absolute atomic E-state index is 0.0742. The first-order valence-corrected chi connectivity index (χ1v) is 11.0. The van der Waals surface area contributed by atoms with E-state index in [1.807, 2.05) is 0 Å². The molecule has 2 fully saturated rings. The summed E-state index contributed by atoms with van der Waals surface area (Å²) in [5, 5.41) is 10.1. The average molecular weight is 453 g/mol. The van der Waals surface area contributed by atoms with Crippen molar-refractivity contribution in [3.8, 4) is 11.1 Å². The first kappa shape index (κ1) is 21.3. The molecule has 0 bridgehead atoms. The van der Waals surface area contributed by atoms with E-state index in [9.17, 15) is 31.2 Å². The highest BCUT2D eigenvalue weighted by Crippen LogP contribution is 2.42. The highest BCUT2D eigenvalue weighted by molar-refractivity contribution is 7.89. The number of urea groups is 1. The molecule has 2 atom stereocenters. The summed E-state index contributed by atoms with van der Waals surface area (Å²) in [7, 11) is -4.11. The van der Waals surface area contributed by atoms with E-state index in [4.69, 9.17) is 5.14 Å². The van der Waals surface area contributed by atoms with Gasteiger partial charge in [-0.2, -0.15) is 0 Å². The molecule has 2 aromatic carbocycles. The molecule has 1 saturated carbocycles. The maximum absolute atomic E-state index is 14.5. The number of nitrogens with two attached hydrogens (primary N) is 1. The smallest absolute Gasteiger partial charge is 0.322 e. The van der Waals surface area contributed by atoms with Crippen LogP contribution in [0.25, 0.3) is 11.1 Å². The summed E-state index contributed by atoms with van der Waals surface area (Å²) in [4.78, 5) is 24.0. The van der Waals surface area contributed by atoms with Gasteiger partial charge in [-0.15, -0.1) is 0 Å². The van der Waals surface area contributed by atoms with Crippen molar-refractivity contribution >= 4 is 22.0 Å². The number of benzene rings is 2. The fourth-order valence-electron chi connectivity index (χ4n) is 4.50. The minimum atomic E-state index is -4.11. The standard InChI is InChI=1S/C20H18F3N3O4S/c21-15-6-5-14(16(22)17(15)23)13-4-3-12(31(24,29)30)9-10(13)8-11-2-1-7-20(11)18(27)25-19(28)26-20/h3-6,9,11H,1-2,7-8H2,(H2,24,29,30)(H2,25,26,27,28). The van der Waals surface area contributed by atoms with Gasteiger partial charge in [-0.25, -0.2) is 31.5 Å². The van der Waals surface area contributed by atoms with E-state index >= 15 is 0 Å². The molecule has 1 aliphatic heterocycles. The molecule has 164 valence electrons. The van der Waals surface area contributed by atoms with Crippen LogP contribution in [0, 0.1) is 23.4 Å². The molecule has 1 saturated heterocycles. The van der Waals surface area contributed by atoms with Crippen LogP contribution in [0.4, 0.5) is 18.0 Å². The van der Waals surface area contributed by atoms with Crippen LogP contribution in [0.5, 0.6) is 0 Å². The Hall–Kier alpha value is -2.92. The molecule has 0 radical (unpaired) electrons. The molecule has 31 heavy (non-hydrogen) atoms. The monoisotopic (exact) mass is 453 g/mol. The van der Waals surface area contributed by atoms with Gasteiger partial charge in [-0.05, 0) is 60.6 Å². The normalized spacial score (nSPS) is 23.3. The van der Waals surface area contributed by atoms with Crippen molar-refractivity contribution in [3.05, 3.63) is 53.3 Å². The molecule has 7 nitrogen and oxygen atoms in total. The van der Waals surface area contributed by atoms with E-state index in [0.717, 1.165) is 18.2 Å². The van der Waals surface area contributed by atoms with Crippen molar-refractivity contribution < 1.29 is 31.2 Å². The van der Waals surface area contributed by atoms with Crippen molar-refractivity contribution in [1.82, 2.24) is 10.6 Å². The van der Waals surface area contributed by atoms with E-state index in [2.05, 4.69) is 10.6 Å². The highest BCUT2D eigenvalue weighted by Gasteiger charge is 2.54. The number of imide groups is 1. The van der Waals surface area contributed by atoms with E-state index in [1.54, 1.807) is 0 Å². The summed E-state index contributed by atoms with van der Waals surface area (Å²) >= 11 is 0. The molecule has 4 N–H and O–H groups in total. The third-order valence-electron chi connectivity index (χ3n) is 5.99. The number of rotatable bonds is 4. The molecular weight excluding hydrogens is 435 g/mol. The summed E-state index contributed by atoms with van der Waals surface area (Å²) in [6.45, 7) is 0. The molecule has 4 rings (SSSR count). The second-order valence-corrected chi connectivity index (χ2v) is 9.32. The van der Waals surface area contributed by atoms with Gasteiger partial charge < -0.3 is 5.32 Å². The Morgan fingerprint density at radius 3 is 2.42 bits per heavy atom. The van der Waals surface area contributed by atoms with Crippen LogP contribution in [0.3, 0.4) is 0 Å². The summed E-state index contributed by atoms with van der Waals surface area (Å²) in [6.07, 6.45) is 1.62. The highest BCUT2D eigenvalue weighted by atomic mass is 32.2. The van der Waals surface area contributed by atoms with Crippen LogP contribution in [0.15, 0.2) is 35.2 Å². The fourth-order valence-corrected chi connectivity index (χ4v) is 5.07. The third kappa shape index (κ3) is 3.57. The molecule has 3 amide bonds. The first-order valence-electron chi connectivity index (χ1n) is 9.46. The predicted octanol–water partition coefficient (Wildman–Crippen LogP) is 2.34. The molecule has 11 heteroatoms. The zero-order chi connectivity index (χ0) is 22.6. The molecule has 1 heterocycles. The lowest BCUT2D eigenvalue weighted by atomic mass is 9.81. The lowest BCUT2D eigenvalue weighted by Crippen LogP contribution is -2.50. The number of hydrogen-bond donors (Lipinski definition) is 3. The van der Waals surface area contributed by atoms with Crippen LogP contribution in [-0.2, 0) is 21.2 Å². The average Bonchev–Trinajstić information content (AvgIpc) is 3.22. The number of amides is 3. The van der Waals surface area contributed by atoms with Crippen molar-refractivity contribution in [2.24, 2.45) is 11.1 Å². The van der Waals surface area contributed by atoms with E-state index < -0.39 is 50.9 Å². The van der Waals surface area contributed by atoms with Crippen LogP contribution in [0.1, 0.15) is 24.8 Å². The Labute approximate surface area is 175 Å². The fraction of sp³-hybridized carbons (Fsp3) is 0.300. The molecule has 2 aliphatic rings. The van der Waals surface area contributed by atoms with E-state index in [-0.39, 0.29) is 28.0 Å². The van der Waals surface area contributed by atoms with E-state index in [1.165, 1.54) is 12.1 Å². The topological polar surface area (TPSA) is 118 Å². The number of hydrogen-bond acceptors (Lipinski definition) is 4. The van der Waals surface area contributed by atoms with Gasteiger partial charge in [0.25, 0.3) is 5.91 Å². The van der Waals surface area contributed by atoms with Gasteiger partial charge >= 0.3 is 6.03 Å². The Bertz CT molecular complexity index is 1220. The Kier molecular flexibility index (Phi) is 5.05. The van der Waals surface area contributed by atoms with Gasteiger partial charge in [0.2, 0.25) is 10.0 Å². The molecule has 2 aromatic rings. The Balaban J connectivity index is 1.83. The van der Waals surface area contributed by atoms with Gasteiger partial charge in [0.05, 0.1) is 4.90 Å². The lowest BCUT2D eigenvalue weighted by molar-refractivity contribution is -0.125. The van der Waals surface area contributed by atoms with Crippen molar-refractivity contribution in [1.29, 1.82) is 0 Å². The zero-order valence-electron chi connectivity index (χ0n) is 16.0. The van der Waals surface area contributed by atoms with Gasteiger partial charge in [0.1, 0.15) is 5.54 Å². The van der Waals surface area contributed by atoms with Crippen molar-refractivity contribution in [2.45, 2.75) is 36.1 Å². The summed E-state index contributed by atoms with van der Waals surface area (Å²) < 4.78 is 65.5. The minimum Gasteiger partial charge on any atom is -0.323 e. The summed E-state index contributed by atoms with van der Waals surface area (Å²) in [5.41, 5.74) is -1.02. The van der Waals surface area contributed by atoms with Gasteiger partial charge in [-0.1, -0.05) is 12.5 Å². The number of carbonyl (C=O) groups excluding carboxylic acids is 2. The van der Waals surface area contributed by atoms with E-state index in [0.29, 0.717) is 19.3 Å². The zero-order valence-corrected chi connectivity index (χ0v) is 16.9. The van der Waals surface area contributed by atoms with Crippen LogP contribution < -0.4 is 15.8 Å². The number of halogens is 3. The lowest BCUT2D eigenvalue weighted by Gasteiger charge is -2.29. The number of nitrogens with one attached hydrogen (secondary N) is 2.